The van der Waals surface area contributed by atoms with E-state index in [0.717, 1.165) is 17.3 Å². The molecule has 22 heavy (non-hydrogen) atoms. The number of carbonyl (C=O) groups excluding carboxylic acids is 1. The molecule has 3 nitrogen and oxygen atoms in total. The Kier molecular flexibility index (Phi) is 5.98. The summed E-state index contributed by atoms with van der Waals surface area (Å²) in [6.45, 7) is 1.77. The predicted octanol–water partition coefficient (Wildman–Crippen LogP) is 3.16. The molecule has 0 aromatic heterocycles. The third-order valence-corrected chi connectivity index (χ3v) is 4.30. The SMILES string of the molecule is CC(O)CNC(=O)C(Sc1ccccc1F)c1ccccc1. The number of benzene rings is 2. The summed E-state index contributed by atoms with van der Waals surface area (Å²) in [4.78, 5) is 12.8. The van der Waals surface area contributed by atoms with Crippen LogP contribution in [0.4, 0.5) is 4.39 Å². The molecular formula is C17H18FNO2S. The molecule has 0 fully saturated rings. The summed E-state index contributed by atoms with van der Waals surface area (Å²) < 4.78 is 13.9. The van der Waals surface area contributed by atoms with Crippen molar-refractivity contribution in [1.29, 1.82) is 0 Å². The van der Waals surface area contributed by atoms with E-state index >= 15 is 0 Å². The maximum absolute atomic E-state index is 13.9. The molecule has 2 aromatic carbocycles. The van der Waals surface area contributed by atoms with E-state index < -0.39 is 11.4 Å². The smallest absolute Gasteiger partial charge is 0.238 e. The third kappa shape index (κ3) is 4.58. The molecule has 2 N–H and O–H groups in total. The molecule has 0 heterocycles. The van der Waals surface area contributed by atoms with Crippen molar-refractivity contribution in [2.24, 2.45) is 0 Å². The summed E-state index contributed by atoms with van der Waals surface area (Å²) >= 11 is 1.16. The maximum atomic E-state index is 13.9. The lowest BCUT2D eigenvalue weighted by atomic mass is 10.1. The van der Waals surface area contributed by atoms with Crippen molar-refractivity contribution in [2.75, 3.05) is 6.54 Å². The molecule has 0 spiro atoms. The molecule has 2 unspecified atom stereocenters. The van der Waals surface area contributed by atoms with Crippen LogP contribution in [0, 0.1) is 5.82 Å². The Hall–Kier alpha value is -1.85. The van der Waals surface area contributed by atoms with Gasteiger partial charge in [0.25, 0.3) is 0 Å². The van der Waals surface area contributed by atoms with Crippen LogP contribution in [0.3, 0.4) is 0 Å². The van der Waals surface area contributed by atoms with Crippen LogP contribution < -0.4 is 5.32 Å². The van der Waals surface area contributed by atoms with Gasteiger partial charge in [-0.2, -0.15) is 0 Å². The van der Waals surface area contributed by atoms with Crippen LogP contribution in [0.15, 0.2) is 59.5 Å². The zero-order chi connectivity index (χ0) is 15.9. The number of hydrogen-bond acceptors (Lipinski definition) is 3. The minimum atomic E-state index is -0.626. The van der Waals surface area contributed by atoms with E-state index in [0.29, 0.717) is 4.90 Å². The van der Waals surface area contributed by atoms with E-state index in [1.807, 2.05) is 30.3 Å². The summed E-state index contributed by atoms with van der Waals surface area (Å²) in [6.07, 6.45) is -0.626. The molecule has 0 radical (unpaired) electrons. The molecule has 0 aliphatic heterocycles. The first kappa shape index (κ1) is 16.5. The van der Waals surface area contributed by atoms with Crippen molar-refractivity contribution in [3.8, 4) is 0 Å². The van der Waals surface area contributed by atoms with Gasteiger partial charge in [-0.1, -0.05) is 42.5 Å². The predicted molar refractivity (Wildman–Crippen MR) is 86.1 cm³/mol. The number of carbonyl (C=O) groups is 1. The second-order valence-corrected chi connectivity index (χ2v) is 6.08. The molecule has 1 amide bonds. The van der Waals surface area contributed by atoms with E-state index in [9.17, 15) is 14.3 Å². The molecule has 2 rings (SSSR count). The topological polar surface area (TPSA) is 49.3 Å². The molecule has 0 aliphatic rings. The number of aliphatic hydroxyl groups excluding tert-OH is 1. The largest absolute Gasteiger partial charge is 0.392 e. The highest BCUT2D eigenvalue weighted by Crippen LogP contribution is 2.36. The number of nitrogens with one attached hydrogen (secondary N) is 1. The van der Waals surface area contributed by atoms with Crippen molar-refractivity contribution in [3.63, 3.8) is 0 Å². The van der Waals surface area contributed by atoms with E-state index in [4.69, 9.17) is 0 Å². The van der Waals surface area contributed by atoms with Crippen LogP contribution >= 0.6 is 11.8 Å². The van der Waals surface area contributed by atoms with Gasteiger partial charge in [-0.15, -0.1) is 11.8 Å². The second-order valence-electron chi connectivity index (χ2n) is 4.93. The number of thioether (sulfide) groups is 1. The fourth-order valence-corrected chi connectivity index (χ4v) is 2.98. The highest BCUT2D eigenvalue weighted by atomic mass is 32.2. The van der Waals surface area contributed by atoms with Gasteiger partial charge in [0.15, 0.2) is 0 Å². The van der Waals surface area contributed by atoms with Crippen LogP contribution in [0.1, 0.15) is 17.7 Å². The van der Waals surface area contributed by atoms with Crippen LogP contribution in [0.5, 0.6) is 0 Å². The van der Waals surface area contributed by atoms with Gasteiger partial charge in [0.1, 0.15) is 11.1 Å². The average molecular weight is 319 g/mol. The molecule has 116 valence electrons. The van der Waals surface area contributed by atoms with Crippen LogP contribution in [0.2, 0.25) is 0 Å². The van der Waals surface area contributed by atoms with Crippen LogP contribution in [-0.2, 0) is 4.79 Å². The first-order valence-corrected chi connectivity index (χ1v) is 7.88. The number of aliphatic hydroxyl groups is 1. The Bertz CT molecular complexity index is 619. The molecule has 0 aliphatic carbocycles. The van der Waals surface area contributed by atoms with Crippen molar-refractivity contribution in [3.05, 3.63) is 66.0 Å². The van der Waals surface area contributed by atoms with Gasteiger partial charge in [-0.05, 0) is 24.6 Å². The first-order chi connectivity index (χ1) is 10.6. The summed E-state index contributed by atoms with van der Waals surface area (Å²) in [5, 5.41) is 11.4. The van der Waals surface area contributed by atoms with Crippen molar-refractivity contribution >= 4 is 17.7 Å². The minimum absolute atomic E-state index is 0.167. The van der Waals surface area contributed by atoms with Gasteiger partial charge < -0.3 is 10.4 Å². The highest BCUT2D eigenvalue weighted by Gasteiger charge is 2.23. The van der Waals surface area contributed by atoms with Gasteiger partial charge in [0.05, 0.1) is 6.10 Å². The molecule has 2 atom stereocenters. The Morgan fingerprint density at radius 1 is 1.18 bits per heavy atom. The Morgan fingerprint density at radius 3 is 2.45 bits per heavy atom. The van der Waals surface area contributed by atoms with Crippen LogP contribution in [0.25, 0.3) is 0 Å². The monoisotopic (exact) mass is 319 g/mol. The van der Waals surface area contributed by atoms with Gasteiger partial charge in [-0.25, -0.2) is 4.39 Å². The molecule has 5 heteroatoms. The second kappa shape index (κ2) is 7.96. The number of hydrogen-bond donors (Lipinski definition) is 2. The average Bonchev–Trinajstić information content (AvgIpc) is 2.52. The highest BCUT2D eigenvalue weighted by molar-refractivity contribution is 8.00. The van der Waals surface area contributed by atoms with Crippen molar-refractivity contribution in [1.82, 2.24) is 5.32 Å². The number of halogens is 1. The fourth-order valence-electron chi connectivity index (χ4n) is 1.91. The Balaban J connectivity index is 2.22. The van der Waals surface area contributed by atoms with Gasteiger partial charge in [0.2, 0.25) is 5.91 Å². The summed E-state index contributed by atoms with van der Waals surface area (Å²) in [6, 6.07) is 15.6. The zero-order valence-corrected chi connectivity index (χ0v) is 13.0. The van der Waals surface area contributed by atoms with Gasteiger partial charge in [-0.3, -0.25) is 4.79 Å². The summed E-state index contributed by atoms with van der Waals surface area (Å²) in [5.74, 6) is -0.600. The van der Waals surface area contributed by atoms with Crippen molar-refractivity contribution < 1.29 is 14.3 Å². The summed E-state index contributed by atoms with van der Waals surface area (Å²) in [5.41, 5.74) is 0.791. The van der Waals surface area contributed by atoms with Gasteiger partial charge >= 0.3 is 0 Å². The Morgan fingerprint density at radius 2 is 1.82 bits per heavy atom. The normalized spacial score (nSPS) is 13.4. The lowest BCUT2D eigenvalue weighted by Crippen LogP contribution is -2.33. The van der Waals surface area contributed by atoms with Crippen molar-refractivity contribution in [2.45, 2.75) is 23.2 Å². The molecule has 0 saturated carbocycles. The van der Waals surface area contributed by atoms with E-state index in [1.54, 1.807) is 25.1 Å². The molecule has 2 aromatic rings. The quantitative estimate of drug-likeness (QED) is 0.804. The Labute approximate surface area is 133 Å². The zero-order valence-electron chi connectivity index (χ0n) is 12.2. The minimum Gasteiger partial charge on any atom is -0.392 e. The molecule has 0 saturated heterocycles. The molecular weight excluding hydrogens is 301 g/mol. The number of rotatable bonds is 6. The lowest BCUT2D eigenvalue weighted by Gasteiger charge is -2.18. The van der Waals surface area contributed by atoms with E-state index in [2.05, 4.69) is 5.32 Å². The summed E-state index contributed by atoms with van der Waals surface area (Å²) in [7, 11) is 0. The van der Waals surface area contributed by atoms with Crippen LogP contribution in [-0.4, -0.2) is 23.7 Å². The number of amides is 1. The van der Waals surface area contributed by atoms with E-state index in [-0.39, 0.29) is 18.3 Å². The third-order valence-electron chi connectivity index (χ3n) is 2.99. The molecule has 0 bridgehead atoms. The fraction of sp³-hybridized carbons (Fsp3) is 0.235. The standard InChI is InChI=1S/C17H18FNO2S/c1-12(20)11-19-17(21)16(13-7-3-2-4-8-13)22-15-10-6-5-9-14(15)18/h2-10,12,16,20H,11H2,1H3,(H,19,21). The lowest BCUT2D eigenvalue weighted by molar-refractivity contribution is -0.121. The van der Waals surface area contributed by atoms with E-state index in [1.165, 1.54) is 6.07 Å². The van der Waals surface area contributed by atoms with Gasteiger partial charge in [0, 0.05) is 11.4 Å². The first-order valence-electron chi connectivity index (χ1n) is 7.00. The maximum Gasteiger partial charge on any atom is 0.238 e.